The first-order valence-corrected chi connectivity index (χ1v) is 5.15. The van der Waals surface area contributed by atoms with Crippen molar-refractivity contribution in [1.29, 1.82) is 0 Å². The van der Waals surface area contributed by atoms with Gasteiger partial charge in [0, 0.05) is 24.9 Å². The molecule has 0 saturated carbocycles. The summed E-state index contributed by atoms with van der Waals surface area (Å²) in [6.45, 7) is 3.35. The van der Waals surface area contributed by atoms with E-state index in [1.54, 1.807) is 0 Å². The molecule has 1 amide bonds. The molecule has 0 aromatic carbocycles. The Balaban J connectivity index is 2.43. The Hall–Kier alpha value is -1.78. The van der Waals surface area contributed by atoms with E-state index in [-0.39, 0.29) is 18.4 Å². The van der Waals surface area contributed by atoms with Gasteiger partial charge in [-0.15, -0.1) is 0 Å². The maximum atomic E-state index is 11.5. The summed E-state index contributed by atoms with van der Waals surface area (Å²) in [4.78, 5) is 22.0. The average Bonchev–Trinajstić information content (AvgIpc) is 2.69. The van der Waals surface area contributed by atoms with E-state index < -0.39 is 12.0 Å². The zero-order valence-electron chi connectivity index (χ0n) is 9.38. The third-order valence-corrected chi connectivity index (χ3v) is 2.37. The van der Waals surface area contributed by atoms with Gasteiger partial charge in [0.2, 0.25) is 5.91 Å². The molecule has 16 heavy (non-hydrogen) atoms. The van der Waals surface area contributed by atoms with Crippen molar-refractivity contribution in [3.63, 3.8) is 0 Å². The summed E-state index contributed by atoms with van der Waals surface area (Å²) in [5, 5.41) is 11.0. The number of amides is 1. The Kier molecular flexibility index (Phi) is 4.10. The Labute approximate surface area is 94.1 Å². The minimum atomic E-state index is -1.03. The maximum absolute atomic E-state index is 11.5. The van der Waals surface area contributed by atoms with Crippen LogP contribution in [-0.4, -0.2) is 27.6 Å². The predicted molar refractivity (Wildman–Crippen MR) is 59.0 cm³/mol. The number of aliphatic carboxylic acids is 1. The second-order valence-electron chi connectivity index (χ2n) is 3.81. The fourth-order valence-corrected chi connectivity index (χ4v) is 1.38. The van der Waals surface area contributed by atoms with Crippen molar-refractivity contribution in [3.8, 4) is 0 Å². The van der Waals surface area contributed by atoms with Gasteiger partial charge in [-0.1, -0.05) is 0 Å². The molecule has 0 spiro atoms. The van der Waals surface area contributed by atoms with Gasteiger partial charge in [-0.3, -0.25) is 9.59 Å². The second kappa shape index (κ2) is 5.34. The summed E-state index contributed by atoms with van der Waals surface area (Å²) in [5.41, 5.74) is 0. The first-order chi connectivity index (χ1) is 7.50. The number of rotatable bonds is 5. The number of carbonyl (C=O) groups is 2. The van der Waals surface area contributed by atoms with Gasteiger partial charge < -0.3 is 15.0 Å². The van der Waals surface area contributed by atoms with Gasteiger partial charge in [0.05, 0.1) is 0 Å². The topological polar surface area (TPSA) is 71.3 Å². The first-order valence-electron chi connectivity index (χ1n) is 5.15. The van der Waals surface area contributed by atoms with Crippen LogP contribution in [0.2, 0.25) is 0 Å². The summed E-state index contributed by atoms with van der Waals surface area (Å²) in [7, 11) is 0. The smallest absolute Gasteiger partial charge is 0.325 e. The van der Waals surface area contributed by atoms with Crippen molar-refractivity contribution >= 4 is 11.9 Å². The van der Waals surface area contributed by atoms with Crippen LogP contribution in [0.5, 0.6) is 0 Å². The fraction of sp³-hybridized carbons (Fsp3) is 0.455. The highest BCUT2D eigenvalue weighted by molar-refractivity contribution is 5.83. The van der Waals surface area contributed by atoms with Crippen LogP contribution >= 0.6 is 0 Å². The van der Waals surface area contributed by atoms with Crippen LogP contribution in [0.1, 0.15) is 26.3 Å². The molecule has 2 N–H and O–H groups in total. The largest absolute Gasteiger partial charge is 0.480 e. The van der Waals surface area contributed by atoms with Gasteiger partial charge >= 0.3 is 5.97 Å². The van der Waals surface area contributed by atoms with E-state index >= 15 is 0 Å². The lowest BCUT2D eigenvalue weighted by molar-refractivity contribution is -0.141. The molecule has 5 nitrogen and oxygen atoms in total. The zero-order valence-corrected chi connectivity index (χ0v) is 9.38. The quantitative estimate of drug-likeness (QED) is 0.784. The molecular weight excluding hydrogens is 208 g/mol. The molecule has 0 aliphatic carbocycles. The Morgan fingerprint density at radius 1 is 1.31 bits per heavy atom. The van der Waals surface area contributed by atoms with E-state index in [4.69, 9.17) is 5.11 Å². The minimum Gasteiger partial charge on any atom is -0.480 e. The molecule has 0 saturated heterocycles. The highest BCUT2D eigenvalue weighted by Crippen LogP contribution is 2.10. The van der Waals surface area contributed by atoms with Crippen LogP contribution in [0.15, 0.2) is 24.5 Å². The summed E-state index contributed by atoms with van der Waals surface area (Å²) in [6.07, 6.45) is 4.02. The van der Waals surface area contributed by atoms with Gasteiger partial charge in [-0.2, -0.15) is 0 Å². The van der Waals surface area contributed by atoms with Gasteiger partial charge in [0.15, 0.2) is 0 Å². The lowest BCUT2D eigenvalue weighted by Crippen LogP contribution is -2.39. The van der Waals surface area contributed by atoms with E-state index in [9.17, 15) is 9.59 Å². The molecule has 0 aliphatic heterocycles. The molecule has 1 aromatic rings. The summed E-state index contributed by atoms with van der Waals surface area (Å²) < 4.78 is 1.91. The number of carbonyl (C=O) groups excluding carboxylic acids is 1. The van der Waals surface area contributed by atoms with Crippen molar-refractivity contribution < 1.29 is 14.7 Å². The number of carboxylic acids is 1. The molecule has 88 valence electrons. The molecule has 0 bridgehead atoms. The molecule has 1 aromatic heterocycles. The normalized spacial score (nSPS) is 14.1. The second-order valence-corrected chi connectivity index (χ2v) is 3.81. The van der Waals surface area contributed by atoms with Crippen molar-refractivity contribution in [2.45, 2.75) is 32.4 Å². The van der Waals surface area contributed by atoms with Gasteiger partial charge in [0.25, 0.3) is 0 Å². The Morgan fingerprint density at radius 3 is 2.38 bits per heavy atom. The number of aromatic nitrogens is 1. The van der Waals surface area contributed by atoms with Crippen molar-refractivity contribution in [1.82, 2.24) is 9.88 Å². The van der Waals surface area contributed by atoms with Crippen LogP contribution in [-0.2, 0) is 9.59 Å². The molecule has 1 unspecified atom stereocenters. The van der Waals surface area contributed by atoms with Crippen molar-refractivity contribution in [2.24, 2.45) is 0 Å². The maximum Gasteiger partial charge on any atom is 0.325 e. The molecular formula is C11H16N2O3. The number of carboxylic acid groups (broad SMARTS) is 1. The lowest BCUT2D eigenvalue weighted by atomic mass is 10.2. The predicted octanol–water partition coefficient (Wildman–Crippen LogP) is 1.03. The number of hydrogen-bond donors (Lipinski definition) is 2. The number of hydrogen-bond acceptors (Lipinski definition) is 2. The highest BCUT2D eigenvalue weighted by Gasteiger charge is 2.16. The monoisotopic (exact) mass is 224 g/mol. The molecule has 1 rings (SSSR count). The molecule has 0 fully saturated rings. The fourth-order valence-electron chi connectivity index (χ4n) is 1.38. The van der Waals surface area contributed by atoms with Crippen LogP contribution in [0.3, 0.4) is 0 Å². The third kappa shape index (κ3) is 3.42. The van der Waals surface area contributed by atoms with E-state index in [0.29, 0.717) is 0 Å². The van der Waals surface area contributed by atoms with E-state index in [0.717, 1.165) is 0 Å². The average molecular weight is 224 g/mol. The van der Waals surface area contributed by atoms with E-state index in [1.807, 2.05) is 36.0 Å². The minimum absolute atomic E-state index is 0.0241. The molecule has 5 heteroatoms. The SMILES string of the molecule is CC(CC(=O)N[C@H](C)C(=O)O)n1cccc1. The van der Waals surface area contributed by atoms with E-state index in [2.05, 4.69) is 5.32 Å². The first kappa shape index (κ1) is 12.3. The number of nitrogens with one attached hydrogen (secondary N) is 1. The third-order valence-electron chi connectivity index (χ3n) is 2.37. The highest BCUT2D eigenvalue weighted by atomic mass is 16.4. The summed E-state index contributed by atoms with van der Waals surface area (Å²) in [6, 6.07) is 2.95. The van der Waals surface area contributed by atoms with Gasteiger partial charge in [-0.25, -0.2) is 0 Å². The summed E-state index contributed by atoms with van der Waals surface area (Å²) >= 11 is 0. The van der Waals surface area contributed by atoms with Gasteiger partial charge in [0.1, 0.15) is 6.04 Å². The van der Waals surface area contributed by atoms with Crippen LogP contribution in [0.25, 0.3) is 0 Å². The van der Waals surface area contributed by atoms with Gasteiger partial charge in [-0.05, 0) is 26.0 Å². The molecule has 1 heterocycles. The van der Waals surface area contributed by atoms with Crippen LogP contribution < -0.4 is 5.32 Å². The van der Waals surface area contributed by atoms with Crippen LogP contribution in [0.4, 0.5) is 0 Å². The summed E-state index contributed by atoms with van der Waals surface area (Å²) in [5.74, 6) is -1.28. The van der Waals surface area contributed by atoms with Crippen LogP contribution in [0, 0.1) is 0 Å². The molecule has 2 atom stereocenters. The Morgan fingerprint density at radius 2 is 1.88 bits per heavy atom. The van der Waals surface area contributed by atoms with Crippen molar-refractivity contribution in [2.75, 3.05) is 0 Å². The Bertz CT molecular complexity index is 359. The lowest BCUT2D eigenvalue weighted by Gasteiger charge is -2.15. The zero-order chi connectivity index (χ0) is 12.1. The molecule has 0 radical (unpaired) electrons. The van der Waals surface area contributed by atoms with E-state index in [1.165, 1.54) is 6.92 Å². The van der Waals surface area contributed by atoms with Crippen molar-refractivity contribution in [3.05, 3.63) is 24.5 Å². The number of nitrogens with zero attached hydrogens (tertiary/aromatic N) is 1. The molecule has 0 aliphatic rings. The standard InChI is InChI=1S/C11H16N2O3/c1-8(13-5-3-4-6-13)7-10(14)12-9(2)11(15)16/h3-6,8-9H,7H2,1-2H3,(H,12,14)(H,15,16)/t8?,9-/m1/s1.